The first kappa shape index (κ1) is 22.4. The van der Waals surface area contributed by atoms with Gasteiger partial charge in [-0.1, -0.05) is 57.4 Å². The van der Waals surface area contributed by atoms with Crippen LogP contribution < -0.4 is 15.8 Å². The van der Waals surface area contributed by atoms with Gasteiger partial charge in [0.15, 0.2) is 5.78 Å². The van der Waals surface area contributed by atoms with Gasteiger partial charge in [0.2, 0.25) is 11.8 Å². The van der Waals surface area contributed by atoms with E-state index in [0.29, 0.717) is 5.75 Å². The SMILES string of the molecule is C=C(C(N)=O)[C@@H](NC(=O)CCCCCCC)C(=O)COc1ccccc1C. The third-order valence-corrected chi connectivity index (χ3v) is 4.26. The third kappa shape index (κ3) is 8.07. The number of hydrogen-bond donors (Lipinski definition) is 2. The van der Waals surface area contributed by atoms with E-state index in [9.17, 15) is 14.4 Å². The number of para-hydroxylation sites is 1. The lowest BCUT2D eigenvalue weighted by Crippen LogP contribution is -2.46. The maximum atomic E-state index is 12.5. The Morgan fingerprint density at radius 1 is 1.15 bits per heavy atom. The molecule has 0 bridgehead atoms. The second kappa shape index (κ2) is 11.9. The molecule has 0 heterocycles. The number of carbonyl (C=O) groups is 3. The van der Waals surface area contributed by atoms with Crippen molar-refractivity contribution < 1.29 is 19.1 Å². The molecule has 0 aliphatic carbocycles. The van der Waals surface area contributed by atoms with Gasteiger partial charge < -0.3 is 15.8 Å². The van der Waals surface area contributed by atoms with Gasteiger partial charge in [-0.25, -0.2) is 0 Å². The maximum Gasteiger partial charge on any atom is 0.246 e. The van der Waals surface area contributed by atoms with Gasteiger partial charge >= 0.3 is 0 Å². The molecule has 2 amide bonds. The largest absolute Gasteiger partial charge is 0.485 e. The predicted molar refractivity (Wildman–Crippen MR) is 105 cm³/mol. The molecule has 0 fully saturated rings. The summed E-state index contributed by atoms with van der Waals surface area (Å²) < 4.78 is 5.52. The summed E-state index contributed by atoms with van der Waals surface area (Å²) in [6.07, 6.45) is 5.31. The first-order valence-corrected chi connectivity index (χ1v) is 9.35. The minimum Gasteiger partial charge on any atom is -0.485 e. The third-order valence-electron chi connectivity index (χ3n) is 4.26. The molecule has 0 unspecified atom stereocenters. The minimum atomic E-state index is -1.17. The second-order valence-electron chi connectivity index (χ2n) is 6.57. The normalized spacial score (nSPS) is 11.5. The molecule has 0 saturated carbocycles. The number of Topliss-reactive ketones (excluding diaryl/α,β-unsaturated/α-hetero) is 1. The van der Waals surface area contributed by atoms with Crippen molar-refractivity contribution in [3.05, 3.63) is 42.0 Å². The zero-order chi connectivity index (χ0) is 20.2. The number of primary amides is 1. The summed E-state index contributed by atoms with van der Waals surface area (Å²) in [5, 5.41) is 2.57. The van der Waals surface area contributed by atoms with Crippen LogP contribution >= 0.6 is 0 Å². The van der Waals surface area contributed by atoms with Crippen molar-refractivity contribution in [2.75, 3.05) is 6.61 Å². The molecule has 0 saturated heterocycles. The summed E-state index contributed by atoms with van der Waals surface area (Å²) in [4.78, 5) is 36.1. The van der Waals surface area contributed by atoms with Crippen molar-refractivity contribution >= 4 is 17.6 Å². The number of rotatable bonds is 13. The molecule has 3 N–H and O–H groups in total. The van der Waals surface area contributed by atoms with E-state index in [0.717, 1.165) is 37.7 Å². The molecular formula is C21H30N2O4. The lowest BCUT2D eigenvalue weighted by Gasteiger charge is -2.19. The van der Waals surface area contributed by atoms with Crippen molar-refractivity contribution in [2.24, 2.45) is 5.73 Å². The van der Waals surface area contributed by atoms with E-state index in [-0.39, 0.29) is 24.5 Å². The Bertz CT molecular complexity index is 670. The highest BCUT2D eigenvalue weighted by Crippen LogP contribution is 2.16. The van der Waals surface area contributed by atoms with Crippen LogP contribution in [0.2, 0.25) is 0 Å². The molecule has 0 spiro atoms. The van der Waals surface area contributed by atoms with E-state index in [2.05, 4.69) is 18.8 Å². The number of hydrogen-bond acceptors (Lipinski definition) is 4. The van der Waals surface area contributed by atoms with Gasteiger partial charge in [0.25, 0.3) is 0 Å². The number of amides is 2. The number of benzene rings is 1. The van der Waals surface area contributed by atoms with Crippen LogP contribution in [0, 0.1) is 6.92 Å². The van der Waals surface area contributed by atoms with E-state index >= 15 is 0 Å². The number of ketones is 1. The van der Waals surface area contributed by atoms with Gasteiger partial charge in [0.05, 0.1) is 0 Å². The average molecular weight is 374 g/mol. The van der Waals surface area contributed by atoms with Crippen LogP contribution in [0.3, 0.4) is 0 Å². The zero-order valence-electron chi connectivity index (χ0n) is 16.3. The fourth-order valence-corrected chi connectivity index (χ4v) is 2.58. The second-order valence-corrected chi connectivity index (χ2v) is 6.57. The fourth-order valence-electron chi connectivity index (χ4n) is 2.58. The molecule has 1 aromatic carbocycles. The summed E-state index contributed by atoms with van der Waals surface area (Å²) >= 11 is 0. The molecule has 1 rings (SSSR count). The molecule has 6 nitrogen and oxygen atoms in total. The smallest absolute Gasteiger partial charge is 0.246 e. The maximum absolute atomic E-state index is 12.5. The van der Waals surface area contributed by atoms with Gasteiger partial charge in [-0.3, -0.25) is 14.4 Å². The van der Waals surface area contributed by atoms with Crippen molar-refractivity contribution in [1.29, 1.82) is 0 Å². The van der Waals surface area contributed by atoms with Crippen molar-refractivity contribution in [2.45, 2.75) is 58.4 Å². The molecule has 0 aromatic heterocycles. The van der Waals surface area contributed by atoms with E-state index in [4.69, 9.17) is 10.5 Å². The van der Waals surface area contributed by atoms with Crippen LogP contribution in [0.25, 0.3) is 0 Å². The van der Waals surface area contributed by atoms with Crippen LogP contribution in [-0.4, -0.2) is 30.2 Å². The summed E-state index contributed by atoms with van der Waals surface area (Å²) in [7, 11) is 0. The van der Waals surface area contributed by atoms with Crippen LogP contribution in [0.5, 0.6) is 5.75 Å². The Hall–Kier alpha value is -2.63. The van der Waals surface area contributed by atoms with Crippen molar-refractivity contribution in [3.63, 3.8) is 0 Å². The molecule has 0 radical (unpaired) electrons. The van der Waals surface area contributed by atoms with Crippen molar-refractivity contribution in [3.8, 4) is 5.75 Å². The summed E-state index contributed by atoms with van der Waals surface area (Å²) in [5.74, 6) is -1.03. The van der Waals surface area contributed by atoms with Crippen LogP contribution in [0.4, 0.5) is 0 Å². The lowest BCUT2D eigenvalue weighted by atomic mass is 10.0. The van der Waals surface area contributed by atoms with E-state index in [1.807, 2.05) is 19.1 Å². The Morgan fingerprint density at radius 3 is 2.44 bits per heavy atom. The molecule has 1 atom stereocenters. The van der Waals surface area contributed by atoms with Gasteiger partial charge in [-0.15, -0.1) is 0 Å². The quantitative estimate of drug-likeness (QED) is 0.410. The van der Waals surface area contributed by atoms with E-state index in [1.165, 1.54) is 0 Å². The first-order chi connectivity index (χ1) is 12.9. The van der Waals surface area contributed by atoms with Gasteiger partial charge in [-0.05, 0) is 25.0 Å². The molecule has 6 heteroatoms. The van der Waals surface area contributed by atoms with Crippen LogP contribution in [-0.2, 0) is 14.4 Å². The highest BCUT2D eigenvalue weighted by Gasteiger charge is 2.27. The molecule has 0 aliphatic rings. The highest BCUT2D eigenvalue weighted by molar-refractivity contribution is 6.03. The van der Waals surface area contributed by atoms with Gasteiger partial charge in [0, 0.05) is 12.0 Å². The molecule has 1 aromatic rings. The van der Waals surface area contributed by atoms with E-state index in [1.54, 1.807) is 12.1 Å². The topological polar surface area (TPSA) is 98.5 Å². The molecule has 27 heavy (non-hydrogen) atoms. The predicted octanol–water partition coefficient (Wildman–Crippen LogP) is 2.83. The number of aryl methyl sites for hydroxylation is 1. The summed E-state index contributed by atoms with van der Waals surface area (Å²) in [6.45, 7) is 7.25. The van der Waals surface area contributed by atoms with E-state index < -0.39 is 17.7 Å². The zero-order valence-corrected chi connectivity index (χ0v) is 16.3. The fraction of sp³-hybridized carbons (Fsp3) is 0.476. The Balaban J connectivity index is 2.63. The average Bonchev–Trinajstić information content (AvgIpc) is 2.64. The molecule has 0 aliphatic heterocycles. The highest BCUT2D eigenvalue weighted by atomic mass is 16.5. The minimum absolute atomic E-state index is 0.146. The Morgan fingerprint density at radius 2 is 1.81 bits per heavy atom. The Labute approximate surface area is 161 Å². The van der Waals surface area contributed by atoms with Crippen LogP contribution in [0.1, 0.15) is 51.0 Å². The summed E-state index contributed by atoms with van der Waals surface area (Å²) in [6, 6.07) is 6.10. The Kier molecular flexibility index (Phi) is 9.86. The van der Waals surface area contributed by atoms with Crippen molar-refractivity contribution in [1.82, 2.24) is 5.32 Å². The van der Waals surface area contributed by atoms with Gasteiger partial charge in [0.1, 0.15) is 18.4 Å². The number of nitrogens with one attached hydrogen (secondary N) is 1. The number of ether oxygens (including phenoxy) is 1. The number of unbranched alkanes of at least 4 members (excludes halogenated alkanes) is 4. The standard InChI is InChI=1S/C21H30N2O4/c1-4-5-6-7-8-13-19(25)23-20(16(3)21(22)26)17(24)14-27-18-12-10-9-11-15(18)2/h9-12,20H,3-8,13-14H2,1-2H3,(H2,22,26)(H,23,25)/t20-/m1/s1. The first-order valence-electron chi connectivity index (χ1n) is 9.35. The molecule has 148 valence electrons. The monoisotopic (exact) mass is 374 g/mol. The number of carbonyl (C=O) groups excluding carboxylic acids is 3. The number of nitrogens with two attached hydrogens (primary N) is 1. The summed E-state index contributed by atoms with van der Waals surface area (Å²) in [5.41, 5.74) is 5.99. The molecular weight excluding hydrogens is 344 g/mol. The van der Waals surface area contributed by atoms with Gasteiger partial charge in [-0.2, -0.15) is 0 Å². The lowest BCUT2D eigenvalue weighted by molar-refractivity contribution is -0.129. The van der Waals surface area contributed by atoms with Crippen LogP contribution in [0.15, 0.2) is 36.4 Å².